The summed E-state index contributed by atoms with van der Waals surface area (Å²) in [4.78, 5) is 0. The van der Waals surface area contributed by atoms with Gasteiger partial charge in [-0.25, -0.2) is 0 Å². The Morgan fingerprint density at radius 3 is 2.36 bits per heavy atom. The van der Waals surface area contributed by atoms with E-state index in [1.54, 1.807) is 0 Å². The summed E-state index contributed by atoms with van der Waals surface area (Å²) in [7, 11) is 0. The van der Waals surface area contributed by atoms with E-state index >= 15 is 0 Å². The van der Waals surface area contributed by atoms with Gasteiger partial charge in [0, 0.05) is 5.56 Å². The van der Waals surface area contributed by atoms with Crippen LogP contribution in [0.15, 0.2) is 55.1 Å². The van der Waals surface area contributed by atoms with Crippen molar-refractivity contribution in [2.45, 2.75) is 46.1 Å². The summed E-state index contributed by atoms with van der Waals surface area (Å²) in [6, 6.07) is 14.8. The van der Waals surface area contributed by atoms with E-state index in [2.05, 4.69) is 58.5 Å². The Bertz CT molecular complexity index is 633. The predicted octanol–water partition coefficient (Wildman–Crippen LogP) is 5.60. The maximum Gasteiger partial charge on any atom is 0.127 e. The van der Waals surface area contributed by atoms with Crippen LogP contribution < -0.4 is 4.74 Å². The van der Waals surface area contributed by atoms with Crippen molar-refractivity contribution in [1.29, 1.82) is 0 Å². The topological polar surface area (TPSA) is 9.23 Å². The minimum Gasteiger partial charge on any atom is -0.488 e. The molecule has 1 nitrogen and oxygen atoms in total. The molecular formula is C21H26O. The summed E-state index contributed by atoms with van der Waals surface area (Å²) >= 11 is 0. The van der Waals surface area contributed by atoms with Gasteiger partial charge in [0.15, 0.2) is 0 Å². The lowest BCUT2D eigenvalue weighted by Crippen LogP contribution is -2.15. The van der Waals surface area contributed by atoms with Crippen molar-refractivity contribution in [2.75, 3.05) is 0 Å². The van der Waals surface area contributed by atoms with Crippen LogP contribution in [-0.4, -0.2) is 0 Å². The third-order valence-corrected chi connectivity index (χ3v) is 3.71. The van der Waals surface area contributed by atoms with Crippen LogP contribution in [0.3, 0.4) is 0 Å². The van der Waals surface area contributed by atoms with E-state index in [1.165, 1.54) is 22.3 Å². The Morgan fingerprint density at radius 2 is 1.77 bits per heavy atom. The van der Waals surface area contributed by atoms with Crippen LogP contribution in [0.4, 0.5) is 0 Å². The van der Waals surface area contributed by atoms with E-state index in [4.69, 9.17) is 4.74 Å². The summed E-state index contributed by atoms with van der Waals surface area (Å²) in [5.74, 6) is 1.02. The van der Waals surface area contributed by atoms with Gasteiger partial charge in [0.25, 0.3) is 0 Å². The SMILES string of the molecule is C=CCc1cc(C)cc(C(C)(C)C)c1OCc1ccccc1. The van der Waals surface area contributed by atoms with Crippen LogP contribution in [0, 0.1) is 6.92 Å². The Hall–Kier alpha value is -2.02. The average molecular weight is 294 g/mol. The molecule has 0 atom stereocenters. The van der Waals surface area contributed by atoms with Crippen molar-refractivity contribution in [1.82, 2.24) is 0 Å². The lowest BCUT2D eigenvalue weighted by atomic mass is 9.83. The number of hydrogen-bond donors (Lipinski definition) is 0. The molecule has 22 heavy (non-hydrogen) atoms. The highest BCUT2D eigenvalue weighted by Gasteiger charge is 2.22. The van der Waals surface area contributed by atoms with Gasteiger partial charge in [-0.2, -0.15) is 0 Å². The highest BCUT2D eigenvalue weighted by atomic mass is 16.5. The second kappa shape index (κ2) is 6.83. The van der Waals surface area contributed by atoms with Gasteiger partial charge in [-0.3, -0.25) is 0 Å². The Morgan fingerprint density at radius 1 is 1.09 bits per heavy atom. The summed E-state index contributed by atoms with van der Waals surface area (Å²) < 4.78 is 6.24. The molecule has 0 radical (unpaired) electrons. The normalized spacial score (nSPS) is 11.3. The standard InChI is InChI=1S/C21H26O/c1-6-10-18-13-16(2)14-19(21(3,4)5)20(18)22-15-17-11-8-7-9-12-17/h6-9,11-14H,1,10,15H2,2-5H3. The molecule has 0 N–H and O–H groups in total. The number of allylic oxidation sites excluding steroid dienone is 1. The number of rotatable bonds is 5. The van der Waals surface area contributed by atoms with E-state index < -0.39 is 0 Å². The van der Waals surface area contributed by atoms with Crippen molar-refractivity contribution < 1.29 is 4.74 Å². The van der Waals surface area contributed by atoms with Gasteiger partial charge in [0.2, 0.25) is 0 Å². The monoisotopic (exact) mass is 294 g/mol. The van der Waals surface area contributed by atoms with Crippen LogP contribution in [0.2, 0.25) is 0 Å². The maximum atomic E-state index is 6.24. The molecule has 0 aliphatic carbocycles. The number of benzene rings is 2. The second-order valence-electron chi connectivity index (χ2n) is 6.82. The van der Waals surface area contributed by atoms with E-state index in [0.29, 0.717) is 6.61 Å². The molecule has 0 saturated heterocycles. The van der Waals surface area contributed by atoms with Crippen molar-refractivity contribution >= 4 is 0 Å². The molecule has 116 valence electrons. The van der Waals surface area contributed by atoms with Gasteiger partial charge in [-0.1, -0.05) is 74.9 Å². The molecule has 0 unspecified atom stereocenters. The molecule has 1 heteroatoms. The predicted molar refractivity (Wildman–Crippen MR) is 94.6 cm³/mol. The fraction of sp³-hybridized carbons (Fsp3) is 0.333. The second-order valence-corrected chi connectivity index (χ2v) is 6.82. The van der Waals surface area contributed by atoms with Crippen molar-refractivity contribution in [3.8, 4) is 5.75 Å². The molecule has 2 rings (SSSR count). The van der Waals surface area contributed by atoms with Crippen LogP contribution in [0.25, 0.3) is 0 Å². The summed E-state index contributed by atoms with van der Waals surface area (Å²) in [5.41, 5.74) is 4.99. The van der Waals surface area contributed by atoms with E-state index in [9.17, 15) is 0 Å². The van der Waals surface area contributed by atoms with E-state index in [0.717, 1.165) is 12.2 Å². The van der Waals surface area contributed by atoms with Crippen LogP contribution in [0.1, 0.15) is 43.0 Å². The zero-order valence-electron chi connectivity index (χ0n) is 14.1. The van der Waals surface area contributed by atoms with Crippen LogP contribution in [0.5, 0.6) is 5.75 Å². The fourth-order valence-corrected chi connectivity index (χ4v) is 2.61. The quantitative estimate of drug-likeness (QED) is 0.652. The molecule has 0 spiro atoms. The first-order valence-electron chi connectivity index (χ1n) is 7.83. The molecule has 0 bridgehead atoms. The zero-order valence-corrected chi connectivity index (χ0v) is 14.1. The first-order chi connectivity index (χ1) is 10.4. The number of ether oxygens (including phenoxy) is 1. The highest BCUT2D eigenvalue weighted by molar-refractivity contribution is 5.48. The number of hydrogen-bond acceptors (Lipinski definition) is 1. The molecule has 0 saturated carbocycles. The molecule has 0 aromatic heterocycles. The largest absolute Gasteiger partial charge is 0.488 e. The van der Waals surface area contributed by atoms with Crippen LogP contribution in [-0.2, 0) is 18.4 Å². The average Bonchev–Trinajstić information content (AvgIpc) is 2.46. The zero-order chi connectivity index (χ0) is 16.2. The minimum absolute atomic E-state index is 0.0496. The molecule has 0 amide bonds. The summed E-state index contributed by atoms with van der Waals surface area (Å²) in [6.45, 7) is 13.3. The molecule has 0 fully saturated rings. The molecular weight excluding hydrogens is 268 g/mol. The lowest BCUT2D eigenvalue weighted by Gasteiger charge is -2.25. The highest BCUT2D eigenvalue weighted by Crippen LogP contribution is 2.36. The van der Waals surface area contributed by atoms with E-state index in [-0.39, 0.29) is 5.41 Å². The van der Waals surface area contributed by atoms with Gasteiger partial charge >= 0.3 is 0 Å². The first-order valence-corrected chi connectivity index (χ1v) is 7.83. The molecule has 0 aliphatic rings. The maximum absolute atomic E-state index is 6.24. The van der Waals surface area contributed by atoms with Gasteiger partial charge in [-0.05, 0) is 29.9 Å². The van der Waals surface area contributed by atoms with E-state index in [1.807, 2.05) is 24.3 Å². The Kier molecular flexibility index (Phi) is 5.07. The van der Waals surface area contributed by atoms with Crippen LogP contribution >= 0.6 is 0 Å². The minimum atomic E-state index is 0.0496. The summed E-state index contributed by atoms with van der Waals surface area (Å²) in [5, 5.41) is 0. The molecule has 2 aromatic rings. The molecule has 2 aromatic carbocycles. The first kappa shape index (κ1) is 16.4. The lowest BCUT2D eigenvalue weighted by molar-refractivity contribution is 0.294. The Labute approximate surface area is 134 Å². The number of aryl methyl sites for hydroxylation is 1. The summed E-state index contributed by atoms with van der Waals surface area (Å²) in [6.07, 6.45) is 2.77. The van der Waals surface area contributed by atoms with Crippen molar-refractivity contribution in [2.24, 2.45) is 0 Å². The Balaban J connectivity index is 2.39. The van der Waals surface area contributed by atoms with Gasteiger partial charge in [0.1, 0.15) is 12.4 Å². The van der Waals surface area contributed by atoms with Gasteiger partial charge in [0.05, 0.1) is 0 Å². The van der Waals surface area contributed by atoms with Crippen molar-refractivity contribution in [3.63, 3.8) is 0 Å². The van der Waals surface area contributed by atoms with Gasteiger partial charge in [-0.15, -0.1) is 6.58 Å². The molecule has 0 heterocycles. The fourth-order valence-electron chi connectivity index (χ4n) is 2.61. The molecule has 0 aliphatic heterocycles. The smallest absolute Gasteiger partial charge is 0.127 e. The van der Waals surface area contributed by atoms with Crippen molar-refractivity contribution in [3.05, 3.63) is 77.4 Å². The third-order valence-electron chi connectivity index (χ3n) is 3.71. The third kappa shape index (κ3) is 4.00. The van der Waals surface area contributed by atoms with Gasteiger partial charge < -0.3 is 4.74 Å².